The SMILES string of the molecule is C[C@@H]1C[C@H](O)[C@@H](O)/C=C/C=C/C(=O)Cc2c(Cl)c(O)cc(O)c2C(=O)O1. The number of benzene rings is 1. The number of aliphatic hydroxyl groups is 2. The van der Waals surface area contributed by atoms with Gasteiger partial charge in [0.2, 0.25) is 0 Å². The number of aromatic hydroxyl groups is 2. The second kappa shape index (κ2) is 8.35. The summed E-state index contributed by atoms with van der Waals surface area (Å²) < 4.78 is 5.19. The molecule has 7 nitrogen and oxygen atoms in total. The average Bonchev–Trinajstić information content (AvgIpc) is 2.54. The second-order valence-electron chi connectivity index (χ2n) is 5.98. The Labute approximate surface area is 154 Å². The molecule has 4 N–H and O–H groups in total. The fourth-order valence-corrected chi connectivity index (χ4v) is 2.77. The molecule has 3 atom stereocenters. The van der Waals surface area contributed by atoms with Crippen LogP contribution in [0.5, 0.6) is 11.5 Å². The van der Waals surface area contributed by atoms with Crippen LogP contribution in [-0.4, -0.2) is 50.5 Å². The molecule has 0 fully saturated rings. The van der Waals surface area contributed by atoms with Crippen LogP contribution < -0.4 is 0 Å². The molecule has 0 aliphatic carbocycles. The lowest BCUT2D eigenvalue weighted by Gasteiger charge is -2.21. The van der Waals surface area contributed by atoms with E-state index in [-0.39, 0.29) is 29.0 Å². The molecule has 0 amide bonds. The van der Waals surface area contributed by atoms with Gasteiger partial charge < -0.3 is 25.2 Å². The first-order valence-corrected chi connectivity index (χ1v) is 8.26. The number of allylic oxidation sites excluding steroid dienone is 3. The van der Waals surface area contributed by atoms with Crippen molar-refractivity contribution in [3.63, 3.8) is 0 Å². The topological polar surface area (TPSA) is 124 Å². The quantitative estimate of drug-likeness (QED) is 0.503. The van der Waals surface area contributed by atoms with E-state index in [0.717, 1.165) is 6.07 Å². The van der Waals surface area contributed by atoms with E-state index >= 15 is 0 Å². The van der Waals surface area contributed by atoms with E-state index in [0.29, 0.717) is 0 Å². The highest BCUT2D eigenvalue weighted by atomic mass is 35.5. The predicted octanol–water partition coefficient (Wildman–Crippen LogP) is 1.65. The van der Waals surface area contributed by atoms with E-state index in [2.05, 4.69) is 0 Å². The van der Waals surface area contributed by atoms with Gasteiger partial charge in [0.15, 0.2) is 5.78 Å². The highest BCUT2D eigenvalue weighted by Gasteiger charge is 2.27. The van der Waals surface area contributed by atoms with Crippen molar-refractivity contribution in [2.24, 2.45) is 0 Å². The van der Waals surface area contributed by atoms with Gasteiger partial charge in [-0.1, -0.05) is 29.8 Å². The first-order valence-electron chi connectivity index (χ1n) is 7.88. The number of hydrogen-bond donors (Lipinski definition) is 4. The number of fused-ring (bicyclic) bond motifs is 1. The minimum atomic E-state index is -1.20. The molecular formula is C18H19ClO7. The number of hydrogen-bond acceptors (Lipinski definition) is 7. The Balaban J connectivity index is 2.51. The summed E-state index contributed by atoms with van der Waals surface area (Å²) in [5.41, 5.74) is -0.387. The fraction of sp³-hybridized carbons (Fsp3) is 0.333. The molecule has 0 aromatic heterocycles. The maximum Gasteiger partial charge on any atom is 0.342 e. The van der Waals surface area contributed by atoms with Crippen LogP contribution in [0.4, 0.5) is 0 Å². The molecule has 1 heterocycles. The highest BCUT2D eigenvalue weighted by molar-refractivity contribution is 6.33. The second-order valence-corrected chi connectivity index (χ2v) is 6.36. The summed E-state index contributed by atoms with van der Waals surface area (Å²) in [6.45, 7) is 1.51. The number of halogens is 1. The van der Waals surface area contributed by atoms with E-state index in [1.54, 1.807) is 0 Å². The molecule has 0 bridgehead atoms. The maximum absolute atomic E-state index is 12.5. The number of phenols is 2. The van der Waals surface area contributed by atoms with Crippen molar-refractivity contribution in [1.82, 2.24) is 0 Å². The van der Waals surface area contributed by atoms with Crippen LogP contribution in [-0.2, 0) is 16.0 Å². The van der Waals surface area contributed by atoms with Crippen molar-refractivity contribution in [3.8, 4) is 11.5 Å². The zero-order valence-corrected chi connectivity index (χ0v) is 14.7. The van der Waals surface area contributed by atoms with Gasteiger partial charge in [0, 0.05) is 24.5 Å². The van der Waals surface area contributed by atoms with E-state index in [9.17, 15) is 30.0 Å². The van der Waals surface area contributed by atoms with Crippen molar-refractivity contribution in [2.75, 3.05) is 0 Å². The Kier molecular flexibility index (Phi) is 6.42. The van der Waals surface area contributed by atoms with Crippen LogP contribution in [0.2, 0.25) is 5.02 Å². The fourth-order valence-electron chi connectivity index (χ4n) is 2.55. The third-order valence-corrected chi connectivity index (χ3v) is 4.28. The molecule has 1 aliphatic heterocycles. The van der Waals surface area contributed by atoms with Gasteiger partial charge in [0.05, 0.1) is 17.2 Å². The Bertz CT molecular complexity index is 769. The van der Waals surface area contributed by atoms with Crippen LogP contribution in [0, 0.1) is 0 Å². The number of carbonyl (C=O) groups excluding carboxylic acids is 2. The van der Waals surface area contributed by atoms with Crippen LogP contribution in [0.15, 0.2) is 30.4 Å². The molecular weight excluding hydrogens is 364 g/mol. The largest absolute Gasteiger partial charge is 0.507 e. The molecule has 26 heavy (non-hydrogen) atoms. The molecule has 0 spiro atoms. The molecule has 1 aromatic rings. The first-order chi connectivity index (χ1) is 12.2. The summed E-state index contributed by atoms with van der Waals surface area (Å²) in [5.74, 6) is -2.47. The van der Waals surface area contributed by atoms with Gasteiger partial charge in [-0.05, 0) is 13.0 Å². The monoisotopic (exact) mass is 382 g/mol. The molecule has 2 rings (SSSR count). The number of rotatable bonds is 0. The predicted molar refractivity (Wildman–Crippen MR) is 93.3 cm³/mol. The Morgan fingerprint density at radius 2 is 1.85 bits per heavy atom. The van der Waals surface area contributed by atoms with Gasteiger partial charge in [0.1, 0.15) is 23.2 Å². The minimum absolute atomic E-state index is 0.0538. The number of phenolic OH excluding ortho intramolecular Hbond substituents is 2. The summed E-state index contributed by atoms with van der Waals surface area (Å²) in [7, 11) is 0. The van der Waals surface area contributed by atoms with Crippen LogP contribution >= 0.6 is 11.6 Å². The van der Waals surface area contributed by atoms with Gasteiger partial charge in [-0.2, -0.15) is 0 Å². The number of esters is 1. The number of cyclic esters (lactones) is 1. The molecule has 140 valence electrons. The van der Waals surface area contributed by atoms with Gasteiger partial charge in [-0.3, -0.25) is 4.79 Å². The minimum Gasteiger partial charge on any atom is -0.507 e. The lowest BCUT2D eigenvalue weighted by Crippen LogP contribution is -2.30. The van der Waals surface area contributed by atoms with Gasteiger partial charge in [-0.15, -0.1) is 0 Å². The normalized spacial score (nSPS) is 27.2. The lowest BCUT2D eigenvalue weighted by atomic mass is 9.99. The molecule has 8 heteroatoms. The first kappa shape index (κ1) is 20.0. The molecule has 0 unspecified atom stereocenters. The summed E-state index contributed by atoms with van der Waals surface area (Å²) in [6.07, 6.45) is 1.64. The van der Waals surface area contributed by atoms with E-state index in [1.807, 2.05) is 0 Å². The third kappa shape index (κ3) is 4.63. The molecule has 0 radical (unpaired) electrons. The summed E-state index contributed by atoms with van der Waals surface area (Å²) in [5, 5.41) is 39.4. The molecule has 0 saturated heterocycles. The number of ketones is 1. The molecule has 1 aliphatic rings. The van der Waals surface area contributed by atoms with Gasteiger partial charge in [-0.25, -0.2) is 4.79 Å². The number of carbonyl (C=O) groups is 2. The number of ether oxygens (including phenoxy) is 1. The highest BCUT2D eigenvalue weighted by Crippen LogP contribution is 2.37. The average molecular weight is 383 g/mol. The van der Waals surface area contributed by atoms with Crippen LogP contribution in [0.1, 0.15) is 29.3 Å². The Hall–Kier alpha value is -2.35. The van der Waals surface area contributed by atoms with Crippen LogP contribution in [0.25, 0.3) is 0 Å². The Morgan fingerprint density at radius 1 is 1.15 bits per heavy atom. The molecule has 1 aromatic carbocycles. The van der Waals surface area contributed by atoms with Gasteiger partial charge >= 0.3 is 5.97 Å². The smallest absolute Gasteiger partial charge is 0.342 e. The standard InChI is InChI=1S/C18H19ClO7/c1-9-6-13(22)12(21)5-3-2-4-10(20)7-11-16(18(25)26-9)14(23)8-15(24)17(11)19/h2-5,8-9,12-13,21-24H,6-7H2,1H3/b4-2+,5-3+/t9-,12+,13+/m1/s1. The van der Waals surface area contributed by atoms with Crippen molar-refractivity contribution < 1.29 is 34.8 Å². The maximum atomic E-state index is 12.5. The Morgan fingerprint density at radius 3 is 2.54 bits per heavy atom. The zero-order chi connectivity index (χ0) is 19.4. The summed E-state index contributed by atoms with van der Waals surface area (Å²) in [4.78, 5) is 24.6. The van der Waals surface area contributed by atoms with Gasteiger partial charge in [0.25, 0.3) is 0 Å². The van der Waals surface area contributed by atoms with Crippen molar-refractivity contribution in [1.29, 1.82) is 0 Å². The molecule has 0 saturated carbocycles. The van der Waals surface area contributed by atoms with E-state index in [1.165, 1.54) is 31.2 Å². The summed E-state index contributed by atoms with van der Waals surface area (Å²) in [6, 6.07) is 0.887. The lowest BCUT2D eigenvalue weighted by molar-refractivity contribution is -0.114. The van der Waals surface area contributed by atoms with E-state index in [4.69, 9.17) is 16.3 Å². The summed E-state index contributed by atoms with van der Waals surface area (Å²) >= 11 is 6.01. The van der Waals surface area contributed by atoms with Crippen molar-refractivity contribution in [3.05, 3.63) is 46.5 Å². The van der Waals surface area contributed by atoms with Crippen molar-refractivity contribution in [2.45, 2.75) is 38.1 Å². The van der Waals surface area contributed by atoms with E-state index < -0.39 is 41.6 Å². The third-order valence-electron chi connectivity index (χ3n) is 3.85. The van der Waals surface area contributed by atoms with Crippen LogP contribution in [0.3, 0.4) is 0 Å². The van der Waals surface area contributed by atoms with Crippen molar-refractivity contribution >= 4 is 23.4 Å². The number of aliphatic hydroxyl groups excluding tert-OH is 2. The zero-order valence-electron chi connectivity index (χ0n) is 13.9.